The number of rotatable bonds is 2. The van der Waals surface area contributed by atoms with Crippen LogP contribution in [0.3, 0.4) is 0 Å². The van der Waals surface area contributed by atoms with Gasteiger partial charge in [0.15, 0.2) is 0 Å². The average molecular weight is 187 g/mol. The zero-order valence-corrected chi connectivity index (χ0v) is 7.95. The van der Waals surface area contributed by atoms with Crippen molar-refractivity contribution in [3.8, 4) is 0 Å². The van der Waals surface area contributed by atoms with Crippen LogP contribution in [0, 0.1) is 0 Å². The third-order valence-corrected chi connectivity index (χ3v) is 2.48. The highest BCUT2D eigenvalue weighted by Gasteiger charge is 2.06. The minimum Gasteiger partial charge on any atom is -0.463 e. The van der Waals surface area contributed by atoms with Crippen molar-refractivity contribution in [2.45, 2.75) is 13.3 Å². The van der Waals surface area contributed by atoms with Gasteiger partial charge in [0, 0.05) is 12.3 Å². The van der Waals surface area contributed by atoms with E-state index < -0.39 is 0 Å². The quantitative estimate of drug-likeness (QED) is 0.519. The van der Waals surface area contributed by atoms with Gasteiger partial charge in [0.05, 0.1) is 17.7 Å². The largest absolute Gasteiger partial charge is 0.463 e. The molecular weight excluding hydrogens is 174 g/mol. The Bertz CT molecular complexity index is 183. The molecule has 12 heavy (non-hydrogen) atoms. The van der Waals surface area contributed by atoms with Gasteiger partial charge in [0.2, 0.25) is 0 Å². The van der Waals surface area contributed by atoms with E-state index in [9.17, 15) is 4.79 Å². The molecule has 1 saturated heterocycles. The van der Waals surface area contributed by atoms with Crippen molar-refractivity contribution < 1.29 is 9.53 Å². The van der Waals surface area contributed by atoms with E-state index in [4.69, 9.17) is 4.74 Å². The predicted molar refractivity (Wildman–Crippen MR) is 49.8 cm³/mol. The van der Waals surface area contributed by atoms with Gasteiger partial charge in [-0.3, -0.25) is 0 Å². The average Bonchev–Trinajstić information content (AvgIpc) is 2.06. The number of hydrogen-bond acceptors (Lipinski definition) is 4. The summed E-state index contributed by atoms with van der Waals surface area (Å²) in [5.41, 5.74) is 0. The third-order valence-electron chi connectivity index (χ3n) is 1.41. The van der Waals surface area contributed by atoms with E-state index in [1.165, 1.54) is 6.08 Å². The Morgan fingerprint density at radius 3 is 3.25 bits per heavy atom. The summed E-state index contributed by atoms with van der Waals surface area (Å²) in [6, 6.07) is 0. The fourth-order valence-electron chi connectivity index (χ4n) is 0.901. The fraction of sp³-hybridized carbons (Fsp3) is 0.625. The van der Waals surface area contributed by atoms with Gasteiger partial charge in [-0.1, -0.05) is 0 Å². The number of hydrogen-bond donors (Lipinski definition) is 1. The lowest BCUT2D eigenvalue weighted by atomic mass is 10.4. The number of esters is 1. The first-order chi connectivity index (χ1) is 5.83. The molecule has 0 atom stereocenters. The zero-order valence-electron chi connectivity index (χ0n) is 7.13. The Hall–Kier alpha value is -0.640. The highest BCUT2D eigenvalue weighted by atomic mass is 32.2. The van der Waals surface area contributed by atoms with Gasteiger partial charge >= 0.3 is 5.97 Å². The molecule has 0 bridgehead atoms. The number of thioether (sulfide) groups is 1. The summed E-state index contributed by atoms with van der Waals surface area (Å²) < 4.78 is 4.78. The minimum atomic E-state index is -0.255. The third kappa shape index (κ3) is 3.17. The number of carbonyl (C=O) groups is 1. The lowest BCUT2D eigenvalue weighted by Crippen LogP contribution is -2.19. The van der Waals surface area contributed by atoms with Crippen LogP contribution in [0.1, 0.15) is 13.3 Å². The van der Waals surface area contributed by atoms with E-state index in [0.717, 1.165) is 23.7 Å². The monoisotopic (exact) mass is 187 g/mol. The van der Waals surface area contributed by atoms with Gasteiger partial charge in [0.1, 0.15) is 0 Å². The van der Waals surface area contributed by atoms with Crippen LogP contribution in [-0.2, 0) is 9.53 Å². The van der Waals surface area contributed by atoms with E-state index in [1.807, 2.05) is 0 Å². The topological polar surface area (TPSA) is 38.3 Å². The Morgan fingerprint density at radius 1 is 1.83 bits per heavy atom. The molecule has 1 aliphatic rings. The zero-order chi connectivity index (χ0) is 8.81. The molecule has 68 valence electrons. The molecule has 0 aromatic carbocycles. The standard InChI is InChI=1S/C8H13NO2S/c1-2-11-8(10)6-7-9-4-3-5-12-7/h6,9H,2-5H2,1H3. The van der Waals surface area contributed by atoms with Gasteiger partial charge < -0.3 is 10.1 Å². The second-order valence-corrected chi connectivity index (χ2v) is 3.53. The van der Waals surface area contributed by atoms with Gasteiger partial charge in [-0.15, -0.1) is 11.8 Å². The van der Waals surface area contributed by atoms with E-state index in [-0.39, 0.29) is 5.97 Å². The van der Waals surface area contributed by atoms with Crippen molar-refractivity contribution in [1.29, 1.82) is 0 Å². The van der Waals surface area contributed by atoms with Crippen LogP contribution in [-0.4, -0.2) is 24.9 Å². The summed E-state index contributed by atoms with van der Waals surface area (Å²) in [6.45, 7) is 3.20. The summed E-state index contributed by atoms with van der Waals surface area (Å²) in [4.78, 5) is 11.0. The molecule has 1 N–H and O–H groups in total. The molecule has 1 heterocycles. The second-order valence-electron chi connectivity index (χ2n) is 2.39. The van der Waals surface area contributed by atoms with Crippen LogP contribution < -0.4 is 5.32 Å². The SMILES string of the molecule is CCOC(=O)C=C1NCCCS1. The lowest BCUT2D eigenvalue weighted by Gasteiger charge is -2.15. The maximum atomic E-state index is 11.0. The maximum absolute atomic E-state index is 11.0. The Morgan fingerprint density at radius 2 is 2.67 bits per heavy atom. The summed E-state index contributed by atoms with van der Waals surface area (Å²) in [5.74, 6) is 0.826. The van der Waals surface area contributed by atoms with Crippen molar-refractivity contribution in [2.75, 3.05) is 18.9 Å². The highest BCUT2D eigenvalue weighted by Crippen LogP contribution is 2.17. The predicted octanol–water partition coefficient (Wildman–Crippen LogP) is 1.12. The molecular formula is C8H13NO2S. The van der Waals surface area contributed by atoms with Crippen molar-refractivity contribution in [3.05, 3.63) is 11.1 Å². The highest BCUT2D eigenvalue weighted by molar-refractivity contribution is 8.03. The van der Waals surface area contributed by atoms with E-state index in [1.54, 1.807) is 18.7 Å². The maximum Gasteiger partial charge on any atom is 0.333 e. The Labute approximate surface area is 76.5 Å². The van der Waals surface area contributed by atoms with Crippen molar-refractivity contribution >= 4 is 17.7 Å². The minimum absolute atomic E-state index is 0.255. The first kappa shape index (κ1) is 9.45. The molecule has 0 aromatic rings. The van der Waals surface area contributed by atoms with Gasteiger partial charge in [-0.25, -0.2) is 4.79 Å². The van der Waals surface area contributed by atoms with Crippen LogP contribution >= 0.6 is 11.8 Å². The molecule has 1 aliphatic heterocycles. The molecule has 0 unspecified atom stereocenters. The van der Waals surface area contributed by atoms with Crippen LogP contribution in [0.2, 0.25) is 0 Å². The Balaban J connectivity index is 2.37. The molecule has 0 radical (unpaired) electrons. The van der Waals surface area contributed by atoms with E-state index >= 15 is 0 Å². The van der Waals surface area contributed by atoms with Crippen molar-refractivity contribution in [3.63, 3.8) is 0 Å². The van der Waals surface area contributed by atoms with Gasteiger partial charge in [-0.2, -0.15) is 0 Å². The summed E-state index contributed by atoms with van der Waals surface area (Å²) in [6.07, 6.45) is 2.68. The molecule has 0 saturated carbocycles. The first-order valence-corrected chi connectivity index (χ1v) is 5.06. The molecule has 1 rings (SSSR count). The number of ether oxygens (including phenoxy) is 1. The molecule has 0 aliphatic carbocycles. The van der Waals surface area contributed by atoms with E-state index in [0.29, 0.717) is 6.61 Å². The summed E-state index contributed by atoms with van der Waals surface area (Å²) >= 11 is 1.67. The van der Waals surface area contributed by atoms with Crippen LogP contribution in [0.25, 0.3) is 0 Å². The van der Waals surface area contributed by atoms with Crippen molar-refractivity contribution in [2.24, 2.45) is 0 Å². The van der Waals surface area contributed by atoms with Crippen molar-refractivity contribution in [1.82, 2.24) is 5.32 Å². The van der Waals surface area contributed by atoms with Crippen LogP contribution in [0.5, 0.6) is 0 Å². The van der Waals surface area contributed by atoms with Gasteiger partial charge in [-0.05, 0) is 13.3 Å². The van der Waals surface area contributed by atoms with Crippen LogP contribution in [0.4, 0.5) is 0 Å². The number of nitrogens with one attached hydrogen (secondary N) is 1. The fourth-order valence-corrected chi connectivity index (χ4v) is 1.79. The molecule has 3 nitrogen and oxygen atoms in total. The van der Waals surface area contributed by atoms with E-state index in [2.05, 4.69) is 5.32 Å². The Kier molecular flexibility index (Phi) is 4.00. The summed E-state index contributed by atoms with van der Waals surface area (Å²) in [7, 11) is 0. The first-order valence-electron chi connectivity index (χ1n) is 4.08. The van der Waals surface area contributed by atoms with Gasteiger partial charge in [0.25, 0.3) is 0 Å². The lowest BCUT2D eigenvalue weighted by molar-refractivity contribution is -0.137. The molecule has 0 amide bonds. The summed E-state index contributed by atoms with van der Waals surface area (Å²) in [5, 5.41) is 4.06. The molecule has 1 fully saturated rings. The smallest absolute Gasteiger partial charge is 0.333 e. The normalized spacial score (nSPS) is 20.2. The molecule has 4 heteroatoms. The molecule has 0 aromatic heterocycles. The molecule has 0 spiro atoms. The number of carbonyl (C=O) groups excluding carboxylic acids is 1. The second kappa shape index (κ2) is 5.09. The van der Waals surface area contributed by atoms with Crippen LogP contribution in [0.15, 0.2) is 11.1 Å².